The second-order valence-corrected chi connectivity index (χ2v) is 4.63. The van der Waals surface area contributed by atoms with Crippen LogP contribution in [0.5, 0.6) is 0 Å². The molecule has 0 aliphatic rings. The Morgan fingerprint density at radius 2 is 2.05 bits per heavy atom. The van der Waals surface area contributed by atoms with E-state index in [-0.39, 0.29) is 23.8 Å². The van der Waals surface area contributed by atoms with Gasteiger partial charge in [0.15, 0.2) is 5.84 Å². The lowest BCUT2D eigenvalue weighted by atomic mass is 10.1. The number of nitrogens with one attached hydrogen (secondary N) is 1. The zero-order valence-electron chi connectivity index (χ0n) is 11.4. The zero-order chi connectivity index (χ0) is 15.4. The van der Waals surface area contributed by atoms with Crippen LogP contribution in [0.2, 0.25) is 0 Å². The van der Waals surface area contributed by atoms with E-state index in [0.717, 1.165) is 5.56 Å². The lowest BCUT2D eigenvalue weighted by Crippen LogP contribution is -2.16. The highest BCUT2D eigenvalue weighted by Crippen LogP contribution is 2.17. The molecule has 0 aromatic heterocycles. The number of rotatable bonds is 4. The van der Waals surface area contributed by atoms with Gasteiger partial charge in [-0.3, -0.25) is 0 Å². The molecule has 4 N–H and O–H groups in total. The number of hydrogen-bond acceptors (Lipinski definition) is 3. The van der Waals surface area contributed by atoms with Crippen LogP contribution >= 0.6 is 0 Å². The van der Waals surface area contributed by atoms with Crippen molar-refractivity contribution in [3.63, 3.8) is 0 Å². The van der Waals surface area contributed by atoms with Gasteiger partial charge < -0.3 is 16.3 Å². The van der Waals surface area contributed by atoms with E-state index in [1.165, 1.54) is 18.2 Å². The van der Waals surface area contributed by atoms with E-state index in [2.05, 4.69) is 10.5 Å². The number of benzene rings is 2. The average molecular weight is 291 g/mol. The van der Waals surface area contributed by atoms with Gasteiger partial charge in [-0.25, -0.2) is 8.78 Å². The molecule has 0 aliphatic heterocycles. The second kappa shape index (κ2) is 6.21. The fraction of sp³-hybridized carbons (Fsp3) is 0.133. The first-order valence-corrected chi connectivity index (χ1v) is 6.27. The van der Waals surface area contributed by atoms with Gasteiger partial charge in [-0.2, -0.15) is 0 Å². The standard InChI is InChI=1S/C15H15F2N3O/c1-9-5-11(16)7-12(6-9)19-8-10-3-2-4-13(14(10)17)15(18)20-21/h2-7,19,21H,8H2,1H3,(H2,18,20). The van der Waals surface area contributed by atoms with Crippen LogP contribution in [0.3, 0.4) is 0 Å². The first kappa shape index (κ1) is 14.8. The zero-order valence-corrected chi connectivity index (χ0v) is 11.4. The Labute approximate surface area is 120 Å². The van der Waals surface area contributed by atoms with Crippen LogP contribution < -0.4 is 11.1 Å². The first-order valence-electron chi connectivity index (χ1n) is 6.27. The lowest BCUT2D eigenvalue weighted by molar-refractivity contribution is 0.318. The molecule has 6 heteroatoms. The van der Waals surface area contributed by atoms with Crippen molar-refractivity contribution in [3.8, 4) is 0 Å². The molecule has 0 unspecified atom stereocenters. The Balaban J connectivity index is 2.20. The van der Waals surface area contributed by atoms with Crippen LogP contribution in [0.15, 0.2) is 41.6 Å². The number of anilines is 1. The maximum atomic E-state index is 14.2. The van der Waals surface area contributed by atoms with Gasteiger partial charge in [0.2, 0.25) is 0 Å². The number of amidine groups is 1. The van der Waals surface area contributed by atoms with Crippen molar-refractivity contribution in [2.45, 2.75) is 13.5 Å². The van der Waals surface area contributed by atoms with E-state index in [1.54, 1.807) is 25.1 Å². The van der Waals surface area contributed by atoms with Crippen molar-refractivity contribution in [2.24, 2.45) is 10.9 Å². The quantitative estimate of drug-likeness (QED) is 0.351. The third-order valence-electron chi connectivity index (χ3n) is 2.99. The minimum Gasteiger partial charge on any atom is -0.409 e. The summed E-state index contributed by atoms with van der Waals surface area (Å²) in [6.45, 7) is 1.93. The maximum Gasteiger partial charge on any atom is 0.173 e. The van der Waals surface area contributed by atoms with Crippen molar-refractivity contribution in [1.82, 2.24) is 0 Å². The Bertz CT molecular complexity index is 666. The van der Waals surface area contributed by atoms with E-state index in [4.69, 9.17) is 10.9 Å². The van der Waals surface area contributed by atoms with Crippen LogP contribution in [0.25, 0.3) is 0 Å². The highest BCUT2D eigenvalue weighted by Gasteiger charge is 2.11. The topological polar surface area (TPSA) is 70.6 Å². The Morgan fingerprint density at radius 3 is 2.71 bits per heavy atom. The molecule has 0 fully saturated rings. The molecular formula is C15H15F2N3O. The molecule has 0 saturated heterocycles. The molecule has 0 bridgehead atoms. The van der Waals surface area contributed by atoms with Gasteiger partial charge in [0.1, 0.15) is 11.6 Å². The minimum absolute atomic E-state index is 0.0206. The highest BCUT2D eigenvalue weighted by molar-refractivity contribution is 5.97. The van der Waals surface area contributed by atoms with Gasteiger partial charge in [-0.15, -0.1) is 0 Å². The average Bonchev–Trinajstić information content (AvgIpc) is 2.44. The second-order valence-electron chi connectivity index (χ2n) is 4.63. The molecule has 2 rings (SSSR count). The number of oxime groups is 1. The molecule has 0 atom stereocenters. The fourth-order valence-electron chi connectivity index (χ4n) is 2.00. The minimum atomic E-state index is -0.576. The van der Waals surface area contributed by atoms with Gasteiger partial charge >= 0.3 is 0 Å². The van der Waals surface area contributed by atoms with Crippen LogP contribution in [-0.4, -0.2) is 11.0 Å². The van der Waals surface area contributed by atoms with Crippen LogP contribution in [0.4, 0.5) is 14.5 Å². The molecule has 2 aromatic rings. The molecule has 0 amide bonds. The van der Waals surface area contributed by atoms with Crippen molar-refractivity contribution >= 4 is 11.5 Å². The molecule has 21 heavy (non-hydrogen) atoms. The van der Waals surface area contributed by atoms with Crippen LogP contribution in [-0.2, 0) is 6.54 Å². The van der Waals surface area contributed by atoms with Gasteiger partial charge in [0.25, 0.3) is 0 Å². The molecule has 110 valence electrons. The van der Waals surface area contributed by atoms with E-state index >= 15 is 0 Å². The normalized spacial score (nSPS) is 11.5. The fourth-order valence-corrected chi connectivity index (χ4v) is 2.00. The maximum absolute atomic E-state index is 14.2. The molecule has 0 aliphatic carbocycles. The Hall–Kier alpha value is -2.63. The summed E-state index contributed by atoms with van der Waals surface area (Å²) in [6, 6.07) is 9.09. The summed E-state index contributed by atoms with van der Waals surface area (Å²) in [5.74, 6) is -1.23. The number of hydrogen-bond donors (Lipinski definition) is 3. The van der Waals surface area contributed by atoms with Gasteiger partial charge in [0.05, 0.1) is 5.56 Å². The SMILES string of the molecule is Cc1cc(F)cc(NCc2cccc(/C(N)=N/O)c2F)c1. The summed E-state index contributed by atoms with van der Waals surface area (Å²) < 4.78 is 27.5. The summed E-state index contributed by atoms with van der Waals surface area (Å²) in [6.07, 6.45) is 0. The van der Waals surface area contributed by atoms with Gasteiger partial charge in [-0.1, -0.05) is 17.3 Å². The largest absolute Gasteiger partial charge is 0.409 e. The Morgan fingerprint density at radius 1 is 1.29 bits per heavy atom. The highest BCUT2D eigenvalue weighted by atomic mass is 19.1. The molecule has 0 spiro atoms. The molecule has 0 heterocycles. The Kier molecular flexibility index (Phi) is 4.37. The third kappa shape index (κ3) is 3.47. The van der Waals surface area contributed by atoms with Crippen LogP contribution in [0, 0.1) is 18.6 Å². The van der Waals surface area contributed by atoms with Crippen molar-refractivity contribution in [2.75, 3.05) is 5.32 Å². The van der Waals surface area contributed by atoms with Crippen molar-refractivity contribution < 1.29 is 14.0 Å². The molecule has 4 nitrogen and oxygen atoms in total. The third-order valence-corrected chi connectivity index (χ3v) is 2.99. The summed E-state index contributed by atoms with van der Waals surface area (Å²) in [7, 11) is 0. The van der Waals surface area contributed by atoms with E-state index in [1.807, 2.05) is 0 Å². The predicted octanol–water partition coefficient (Wildman–Crippen LogP) is 2.98. The molecule has 0 saturated carbocycles. The van der Waals surface area contributed by atoms with E-state index in [9.17, 15) is 8.78 Å². The summed E-state index contributed by atoms with van der Waals surface area (Å²) in [5.41, 5.74) is 7.08. The van der Waals surface area contributed by atoms with E-state index < -0.39 is 5.82 Å². The summed E-state index contributed by atoms with van der Waals surface area (Å²) >= 11 is 0. The van der Waals surface area contributed by atoms with Gasteiger partial charge in [0, 0.05) is 17.8 Å². The molecule has 2 aromatic carbocycles. The van der Waals surface area contributed by atoms with Crippen LogP contribution in [0.1, 0.15) is 16.7 Å². The number of aryl methyl sites for hydroxylation is 1. The number of nitrogens with zero attached hydrogens (tertiary/aromatic N) is 1. The molecular weight excluding hydrogens is 276 g/mol. The monoisotopic (exact) mass is 291 g/mol. The number of nitrogens with two attached hydrogens (primary N) is 1. The summed E-state index contributed by atoms with van der Waals surface area (Å²) in [4.78, 5) is 0. The van der Waals surface area contributed by atoms with Crippen molar-refractivity contribution in [1.29, 1.82) is 0 Å². The molecule has 0 radical (unpaired) electrons. The van der Waals surface area contributed by atoms with E-state index in [0.29, 0.717) is 11.3 Å². The van der Waals surface area contributed by atoms with Gasteiger partial charge in [-0.05, 0) is 36.8 Å². The smallest absolute Gasteiger partial charge is 0.173 e. The van der Waals surface area contributed by atoms with Crippen molar-refractivity contribution in [3.05, 3.63) is 64.7 Å². The predicted molar refractivity (Wildman–Crippen MR) is 77.4 cm³/mol. The first-order chi connectivity index (χ1) is 10.0. The number of halogens is 2. The summed E-state index contributed by atoms with van der Waals surface area (Å²) in [5, 5.41) is 14.3. The lowest BCUT2D eigenvalue weighted by Gasteiger charge is -2.10.